The molecule has 1 fully saturated rings. The summed E-state index contributed by atoms with van der Waals surface area (Å²) in [6, 6.07) is 3.65. The summed E-state index contributed by atoms with van der Waals surface area (Å²) < 4.78 is 28.4. The number of rotatable bonds is 3. The molecule has 0 aliphatic carbocycles. The lowest BCUT2D eigenvalue weighted by atomic mass is 9.93. The minimum atomic E-state index is -3.44. The van der Waals surface area contributed by atoms with E-state index in [1.165, 1.54) is 0 Å². The molecule has 21 heavy (non-hydrogen) atoms. The number of sulfonamides is 1. The average Bonchev–Trinajstić information content (AvgIpc) is 2.42. The zero-order valence-electron chi connectivity index (χ0n) is 12.8. The highest BCUT2D eigenvalue weighted by Crippen LogP contribution is 2.29. The Morgan fingerprint density at radius 3 is 2.62 bits per heavy atom. The minimum absolute atomic E-state index is 0.0238. The fourth-order valence-electron chi connectivity index (χ4n) is 2.79. The molecule has 1 aromatic rings. The molecule has 1 aliphatic heterocycles. The van der Waals surface area contributed by atoms with Crippen molar-refractivity contribution in [2.75, 3.05) is 13.1 Å². The van der Waals surface area contributed by atoms with E-state index in [-0.39, 0.29) is 12.0 Å². The van der Waals surface area contributed by atoms with Crippen molar-refractivity contribution >= 4 is 26.0 Å². The molecule has 0 saturated carbocycles. The number of piperidine rings is 1. The average molecular weight is 375 g/mol. The van der Waals surface area contributed by atoms with Gasteiger partial charge in [-0.2, -0.15) is 4.31 Å². The molecule has 0 aromatic heterocycles. The zero-order valence-corrected chi connectivity index (χ0v) is 15.2. The van der Waals surface area contributed by atoms with Crippen molar-refractivity contribution < 1.29 is 8.42 Å². The maximum absolute atomic E-state index is 12.9. The van der Waals surface area contributed by atoms with Gasteiger partial charge >= 0.3 is 0 Å². The van der Waals surface area contributed by atoms with Crippen molar-refractivity contribution in [3.05, 3.63) is 27.7 Å². The van der Waals surface area contributed by atoms with Crippen LogP contribution in [0.3, 0.4) is 0 Å². The first-order chi connectivity index (χ1) is 9.73. The van der Waals surface area contributed by atoms with E-state index in [1.807, 2.05) is 26.8 Å². The molecule has 1 aromatic carbocycles. The highest BCUT2D eigenvalue weighted by atomic mass is 79.9. The normalized spacial score (nSPS) is 22.2. The quantitative estimate of drug-likeness (QED) is 0.884. The topological polar surface area (TPSA) is 63.4 Å². The van der Waals surface area contributed by atoms with Crippen LogP contribution in [0.15, 0.2) is 21.5 Å². The van der Waals surface area contributed by atoms with Gasteiger partial charge in [-0.05, 0) is 62.8 Å². The molecule has 0 amide bonds. The molecule has 0 bridgehead atoms. The monoisotopic (exact) mass is 374 g/mol. The molecule has 4 nitrogen and oxygen atoms in total. The van der Waals surface area contributed by atoms with E-state index >= 15 is 0 Å². The van der Waals surface area contributed by atoms with E-state index < -0.39 is 10.0 Å². The number of benzene rings is 1. The molecule has 0 spiro atoms. The van der Waals surface area contributed by atoms with Gasteiger partial charge in [0.15, 0.2) is 0 Å². The molecule has 2 unspecified atom stereocenters. The first-order valence-corrected chi connectivity index (χ1v) is 9.49. The Labute approximate surface area is 135 Å². The summed E-state index contributed by atoms with van der Waals surface area (Å²) in [6.45, 7) is 6.80. The predicted molar refractivity (Wildman–Crippen MR) is 88.7 cm³/mol. The van der Waals surface area contributed by atoms with E-state index in [2.05, 4.69) is 15.9 Å². The maximum atomic E-state index is 12.9. The molecule has 2 N–H and O–H groups in total. The highest BCUT2D eigenvalue weighted by Gasteiger charge is 2.32. The Balaban J connectivity index is 2.36. The molecular weight excluding hydrogens is 352 g/mol. The third-order valence-electron chi connectivity index (χ3n) is 4.24. The second-order valence-electron chi connectivity index (χ2n) is 5.99. The second-order valence-corrected chi connectivity index (χ2v) is 8.75. The SMILES string of the molecule is Cc1cc(S(=O)(=O)N2CCCC(C(C)N)C2)c(C)cc1Br. The Bertz CT molecular complexity index is 629. The molecule has 1 heterocycles. The van der Waals surface area contributed by atoms with Crippen LogP contribution in [0, 0.1) is 19.8 Å². The van der Waals surface area contributed by atoms with E-state index in [9.17, 15) is 8.42 Å². The Hall–Kier alpha value is -0.430. The Kier molecular flexibility index (Phi) is 5.13. The van der Waals surface area contributed by atoms with Crippen molar-refractivity contribution in [3.63, 3.8) is 0 Å². The van der Waals surface area contributed by atoms with Crippen LogP contribution in [0.25, 0.3) is 0 Å². The standard InChI is InChI=1S/C15H23BrN2O2S/c1-10-8-15(11(2)7-14(10)16)21(19,20)18-6-4-5-13(9-18)12(3)17/h7-8,12-13H,4-6,9,17H2,1-3H3. The van der Waals surface area contributed by atoms with Crippen LogP contribution < -0.4 is 5.73 Å². The summed E-state index contributed by atoms with van der Waals surface area (Å²) >= 11 is 3.45. The maximum Gasteiger partial charge on any atom is 0.243 e. The summed E-state index contributed by atoms with van der Waals surface area (Å²) in [4.78, 5) is 0.411. The summed E-state index contributed by atoms with van der Waals surface area (Å²) in [7, 11) is -3.44. The van der Waals surface area contributed by atoms with Crippen LogP contribution in [0.4, 0.5) is 0 Å². The van der Waals surface area contributed by atoms with Crippen LogP contribution in [0.1, 0.15) is 30.9 Å². The van der Waals surface area contributed by atoms with Crippen molar-refractivity contribution in [2.24, 2.45) is 11.7 Å². The van der Waals surface area contributed by atoms with E-state index in [0.717, 1.165) is 28.4 Å². The third kappa shape index (κ3) is 3.50. The fraction of sp³-hybridized carbons (Fsp3) is 0.600. The summed E-state index contributed by atoms with van der Waals surface area (Å²) in [5.74, 6) is 0.241. The number of nitrogens with zero attached hydrogens (tertiary/aromatic N) is 1. The van der Waals surface area contributed by atoms with Gasteiger partial charge in [-0.1, -0.05) is 15.9 Å². The van der Waals surface area contributed by atoms with Gasteiger partial charge in [0.25, 0.3) is 0 Å². The minimum Gasteiger partial charge on any atom is -0.328 e. The lowest BCUT2D eigenvalue weighted by Crippen LogP contribution is -2.45. The van der Waals surface area contributed by atoms with Gasteiger partial charge in [-0.25, -0.2) is 8.42 Å². The third-order valence-corrected chi connectivity index (χ3v) is 7.10. The van der Waals surface area contributed by atoms with Crippen molar-refractivity contribution in [1.82, 2.24) is 4.31 Å². The van der Waals surface area contributed by atoms with Gasteiger partial charge in [0.1, 0.15) is 0 Å². The van der Waals surface area contributed by atoms with Gasteiger partial charge < -0.3 is 5.73 Å². The summed E-state index contributed by atoms with van der Waals surface area (Å²) in [5.41, 5.74) is 7.66. The summed E-state index contributed by atoms with van der Waals surface area (Å²) in [5, 5.41) is 0. The predicted octanol–water partition coefficient (Wildman–Crippen LogP) is 2.81. The lowest BCUT2D eigenvalue weighted by molar-refractivity contribution is 0.243. The van der Waals surface area contributed by atoms with Crippen molar-refractivity contribution in [1.29, 1.82) is 0 Å². The molecule has 6 heteroatoms. The van der Waals surface area contributed by atoms with Crippen molar-refractivity contribution in [3.8, 4) is 0 Å². The van der Waals surface area contributed by atoms with Crippen LogP contribution in [0.2, 0.25) is 0 Å². The van der Waals surface area contributed by atoms with Gasteiger partial charge in [0.05, 0.1) is 4.90 Å². The smallest absolute Gasteiger partial charge is 0.243 e. The van der Waals surface area contributed by atoms with E-state index in [1.54, 1.807) is 10.4 Å². The molecule has 1 aliphatic rings. The fourth-order valence-corrected chi connectivity index (χ4v) is 5.08. The number of aryl methyl sites for hydroxylation is 2. The van der Waals surface area contributed by atoms with Gasteiger partial charge in [-0.15, -0.1) is 0 Å². The van der Waals surface area contributed by atoms with E-state index in [4.69, 9.17) is 5.73 Å². The molecule has 1 saturated heterocycles. The second kappa shape index (κ2) is 6.36. The lowest BCUT2D eigenvalue weighted by Gasteiger charge is -2.34. The number of nitrogens with two attached hydrogens (primary N) is 1. The Morgan fingerprint density at radius 1 is 1.33 bits per heavy atom. The van der Waals surface area contributed by atoms with Crippen molar-refractivity contribution in [2.45, 2.75) is 44.6 Å². The highest BCUT2D eigenvalue weighted by molar-refractivity contribution is 9.10. The van der Waals surface area contributed by atoms with Crippen LogP contribution in [-0.2, 0) is 10.0 Å². The number of hydrogen-bond donors (Lipinski definition) is 1. The van der Waals surface area contributed by atoms with Gasteiger partial charge in [0.2, 0.25) is 10.0 Å². The largest absolute Gasteiger partial charge is 0.328 e. The first-order valence-electron chi connectivity index (χ1n) is 7.26. The molecular formula is C15H23BrN2O2S. The molecule has 2 atom stereocenters. The van der Waals surface area contributed by atoms with Crippen LogP contribution in [-0.4, -0.2) is 31.9 Å². The Morgan fingerprint density at radius 2 is 2.00 bits per heavy atom. The van der Waals surface area contributed by atoms with Gasteiger partial charge in [0, 0.05) is 23.6 Å². The first kappa shape index (κ1) is 16.9. The molecule has 2 rings (SSSR count). The van der Waals surface area contributed by atoms with E-state index in [0.29, 0.717) is 18.0 Å². The van der Waals surface area contributed by atoms with Crippen LogP contribution >= 0.6 is 15.9 Å². The molecule has 0 radical (unpaired) electrons. The summed E-state index contributed by atoms with van der Waals surface area (Å²) in [6.07, 6.45) is 1.88. The molecule has 118 valence electrons. The number of halogens is 1. The zero-order chi connectivity index (χ0) is 15.8. The van der Waals surface area contributed by atoms with Gasteiger partial charge in [-0.3, -0.25) is 0 Å². The van der Waals surface area contributed by atoms with Crippen LogP contribution in [0.5, 0.6) is 0 Å². The number of hydrogen-bond acceptors (Lipinski definition) is 3.